The average Bonchev–Trinajstić information content (AvgIpc) is 2.73. The molecule has 136 valence electrons. The van der Waals surface area contributed by atoms with Gasteiger partial charge < -0.3 is 4.90 Å². The minimum absolute atomic E-state index is 0.0427. The molecular weight excluding hydrogens is 348 g/mol. The van der Waals surface area contributed by atoms with E-state index in [9.17, 15) is 4.79 Å². The smallest absolute Gasteiger partial charge is 0.254 e. The van der Waals surface area contributed by atoms with Crippen LogP contribution in [0, 0.1) is 0 Å². The number of aromatic nitrogens is 3. The van der Waals surface area contributed by atoms with E-state index in [1.165, 1.54) is 0 Å². The number of carbonyl (C=O) groups excluding carboxylic acids is 1. The lowest BCUT2D eigenvalue weighted by Gasteiger charge is -2.39. The highest BCUT2D eigenvalue weighted by Crippen LogP contribution is 2.30. The summed E-state index contributed by atoms with van der Waals surface area (Å²) in [6.45, 7) is 1.38. The Hall–Kier alpha value is -3.60. The number of pyridine rings is 3. The van der Waals surface area contributed by atoms with E-state index < -0.39 is 0 Å². The lowest BCUT2D eigenvalue weighted by Crippen LogP contribution is -2.48. The number of hydrogen-bond donors (Lipinski definition) is 0. The van der Waals surface area contributed by atoms with Crippen LogP contribution in [0.25, 0.3) is 22.2 Å². The third-order valence-electron chi connectivity index (χ3n) is 5.20. The van der Waals surface area contributed by atoms with E-state index in [2.05, 4.69) is 9.97 Å². The van der Waals surface area contributed by atoms with Gasteiger partial charge in [-0.1, -0.05) is 24.3 Å². The molecule has 0 atom stereocenters. The van der Waals surface area contributed by atoms with Crippen LogP contribution in [0.2, 0.25) is 0 Å². The first-order chi connectivity index (χ1) is 13.8. The SMILES string of the molecule is O=C(c1cc(-c2ccncc2)nc2ccccc12)N1CC(c2ccccn2)C1. The van der Waals surface area contributed by atoms with Crippen LogP contribution in [0.5, 0.6) is 0 Å². The summed E-state index contributed by atoms with van der Waals surface area (Å²) in [6.07, 6.45) is 5.28. The molecule has 1 amide bonds. The minimum atomic E-state index is 0.0427. The molecule has 1 aromatic carbocycles. The summed E-state index contributed by atoms with van der Waals surface area (Å²) in [5.41, 5.74) is 4.29. The maximum absolute atomic E-state index is 13.3. The lowest BCUT2D eigenvalue weighted by molar-refractivity contribution is 0.0601. The molecule has 5 rings (SSSR count). The fraction of sp³-hybridized carbons (Fsp3) is 0.130. The van der Waals surface area contributed by atoms with Crippen LogP contribution in [0.3, 0.4) is 0 Å². The molecule has 5 nitrogen and oxygen atoms in total. The molecule has 0 saturated carbocycles. The molecule has 0 spiro atoms. The summed E-state index contributed by atoms with van der Waals surface area (Å²) >= 11 is 0. The number of fused-ring (bicyclic) bond motifs is 1. The second kappa shape index (κ2) is 6.85. The van der Waals surface area contributed by atoms with Gasteiger partial charge in [-0.15, -0.1) is 0 Å². The van der Waals surface area contributed by atoms with E-state index in [0.717, 1.165) is 27.9 Å². The third-order valence-corrected chi connectivity index (χ3v) is 5.20. The van der Waals surface area contributed by atoms with E-state index >= 15 is 0 Å². The van der Waals surface area contributed by atoms with Crippen molar-refractivity contribution in [3.8, 4) is 11.3 Å². The molecule has 1 saturated heterocycles. The number of para-hydroxylation sites is 1. The molecule has 0 bridgehead atoms. The zero-order chi connectivity index (χ0) is 18.9. The highest BCUT2D eigenvalue weighted by atomic mass is 16.2. The Morgan fingerprint density at radius 1 is 0.929 bits per heavy atom. The molecule has 0 aliphatic carbocycles. The predicted octanol–water partition coefficient (Wildman–Crippen LogP) is 3.93. The van der Waals surface area contributed by atoms with Crippen LogP contribution in [0.15, 0.2) is 79.3 Å². The van der Waals surface area contributed by atoms with E-state index in [0.29, 0.717) is 24.6 Å². The average molecular weight is 366 g/mol. The molecule has 1 aliphatic rings. The highest BCUT2D eigenvalue weighted by Gasteiger charge is 2.33. The second-order valence-corrected chi connectivity index (χ2v) is 6.97. The van der Waals surface area contributed by atoms with Gasteiger partial charge in [0.05, 0.1) is 16.8 Å². The van der Waals surface area contributed by atoms with Gasteiger partial charge in [0.25, 0.3) is 5.91 Å². The Morgan fingerprint density at radius 3 is 2.50 bits per heavy atom. The standard InChI is InChI=1S/C23H18N4O/c28-23(27-14-17(15-27)20-6-3-4-10-25-20)19-13-22(16-8-11-24-12-9-16)26-21-7-2-1-5-18(19)21/h1-13,17H,14-15H2. The van der Waals surface area contributed by atoms with Crippen LogP contribution in [0.1, 0.15) is 22.0 Å². The first kappa shape index (κ1) is 16.6. The molecule has 0 radical (unpaired) electrons. The topological polar surface area (TPSA) is 59.0 Å². The van der Waals surface area contributed by atoms with Crippen molar-refractivity contribution >= 4 is 16.8 Å². The fourth-order valence-corrected chi connectivity index (χ4v) is 3.64. The number of hydrogen-bond acceptors (Lipinski definition) is 4. The van der Waals surface area contributed by atoms with Crippen LogP contribution in [0.4, 0.5) is 0 Å². The molecule has 5 heteroatoms. The van der Waals surface area contributed by atoms with Gasteiger partial charge in [-0.05, 0) is 36.4 Å². The minimum Gasteiger partial charge on any atom is -0.337 e. The van der Waals surface area contributed by atoms with Crippen molar-refractivity contribution in [3.05, 3.63) is 90.5 Å². The van der Waals surface area contributed by atoms with Crippen molar-refractivity contribution in [1.82, 2.24) is 19.9 Å². The Bertz CT molecular complexity index is 1140. The van der Waals surface area contributed by atoms with Crippen molar-refractivity contribution in [1.29, 1.82) is 0 Å². The normalized spacial score (nSPS) is 14.1. The number of likely N-dealkylation sites (tertiary alicyclic amines) is 1. The predicted molar refractivity (Wildman–Crippen MR) is 108 cm³/mol. The van der Waals surface area contributed by atoms with Gasteiger partial charge in [-0.25, -0.2) is 4.98 Å². The Kier molecular flexibility index (Phi) is 4.05. The monoisotopic (exact) mass is 366 g/mol. The van der Waals surface area contributed by atoms with Gasteiger partial charge in [0.1, 0.15) is 0 Å². The van der Waals surface area contributed by atoms with E-state index in [4.69, 9.17) is 4.98 Å². The maximum atomic E-state index is 13.3. The maximum Gasteiger partial charge on any atom is 0.254 e. The third kappa shape index (κ3) is 2.91. The lowest BCUT2D eigenvalue weighted by atomic mass is 9.94. The van der Waals surface area contributed by atoms with Crippen LogP contribution in [-0.2, 0) is 0 Å². The molecule has 1 aliphatic heterocycles. The quantitative estimate of drug-likeness (QED) is 0.551. The number of amides is 1. The van der Waals surface area contributed by atoms with E-state index in [-0.39, 0.29) is 5.91 Å². The Morgan fingerprint density at radius 2 is 1.71 bits per heavy atom. The first-order valence-corrected chi connectivity index (χ1v) is 9.30. The number of rotatable bonds is 3. The Labute approximate surface area is 162 Å². The summed E-state index contributed by atoms with van der Waals surface area (Å²) in [5.74, 6) is 0.346. The molecule has 1 fully saturated rings. The van der Waals surface area contributed by atoms with Crippen LogP contribution < -0.4 is 0 Å². The van der Waals surface area contributed by atoms with Crippen molar-refractivity contribution in [2.24, 2.45) is 0 Å². The summed E-state index contributed by atoms with van der Waals surface area (Å²) in [5, 5.41) is 0.881. The molecular formula is C23H18N4O. The van der Waals surface area contributed by atoms with Gasteiger partial charge in [-0.2, -0.15) is 0 Å². The summed E-state index contributed by atoms with van der Waals surface area (Å²) in [4.78, 5) is 28.4. The van der Waals surface area contributed by atoms with Crippen molar-refractivity contribution < 1.29 is 4.79 Å². The molecule has 4 aromatic rings. The number of benzene rings is 1. The van der Waals surface area contributed by atoms with Gasteiger partial charge >= 0.3 is 0 Å². The van der Waals surface area contributed by atoms with Crippen LogP contribution >= 0.6 is 0 Å². The van der Waals surface area contributed by atoms with Gasteiger partial charge in [0.2, 0.25) is 0 Å². The highest BCUT2D eigenvalue weighted by molar-refractivity contribution is 6.07. The van der Waals surface area contributed by atoms with Crippen molar-refractivity contribution in [3.63, 3.8) is 0 Å². The molecule has 28 heavy (non-hydrogen) atoms. The fourth-order valence-electron chi connectivity index (χ4n) is 3.64. The van der Waals surface area contributed by atoms with Gasteiger partial charge in [-0.3, -0.25) is 14.8 Å². The number of carbonyl (C=O) groups is 1. The Balaban J connectivity index is 1.49. The van der Waals surface area contributed by atoms with Crippen molar-refractivity contribution in [2.75, 3.05) is 13.1 Å². The summed E-state index contributed by atoms with van der Waals surface area (Å²) < 4.78 is 0. The zero-order valence-corrected chi connectivity index (χ0v) is 15.2. The molecule has 3 aromatic heterocycles. The summed E-state index contributed by atoms with van der Waals surface area (Å²) in [6, 6.07) is 19.4. The summed E-state index contributed by atoms with van der Waals surface area (Å²) in [7, 11) is 0. The van der Waals surface area contributed by atoms with Crippen molar-refractivity contribution in [2.45, 2.75) is 5.92 Å². The second-order valence-electron chi connectivity index (χ2n) is 6.97. The largest absolute Gasteiger partial charge is 0.337 e. The van der Waals surface area contributed by atoms with Crippen LogP contribution in [-0.4, -0.2) is 38.8 Å². The molecule has 4 heterocycles. The van der Waals surface area contributed by atoms with E-state index in [1.54, 1.807) is 18.6 Å². The zero-order valence-electron chi connectivity index (χ0n) is 15.2. The van der Waals surface area contributed by atoms with Gasteiger partial charge in [0.15, 0.2) is 0 Å². The number of nitrogens with zero attached hydrogens (tertiary/aromatic N) is 4. The molecule has 0 unspecified atom stereocenters. The molecule has 0 N–H and O–H groups in total. The first-order valence-electron chi connectivity index (χ1n) is 9.30. The van der Waals surface area contributed by atoms with E-state index in [1.807, 2.05) is 65.6 Å². The van der Waals surface area contributed by atoms with Gasteiger partial charge in [0, 0.05) is 54.2 Å².